The first-order valence-electron chi connectivity index (χ1n) is 5.92. The van der Waals surface area contributed by atoms with Crippen LogP contribution in [0.5, 0.6) is 0 Å². The van der Waals surface area contributed by atoms with Crippen LogP contribution >= 0.6 is 11.6 Å². The number of hydrogen-bond donors (Lipinski definition) is 1. The van der Waals surface area contributed by atoms with E-state index >= 15 is 0 Å². The molecule has 0 aliphatic carbocycles. The third-order valence-corrected chi connectivity index (χ3v) is 3.64. The Hall–Kier alpha value is -1.31. The molecule has 1 aliphatic heterocycles. The van der Waals surface area contributed by atoms with Crippen LogP contribution in [0.25, 0.3) is 0 Å². The van der Waals surface area contributed by atoms with E-state index in [2.05, 4.69) is 35.6 Å². The van der Waals surface area contributed by atoms with Gasteiger partial charge in [0, 0.05) is 11.6 Å². The summed E-state index contributed by atoms with van der Waals surface area (Å²) < 4.78 is 0. The van der Waals surface area contributed by atoms with Crippen molar-refractivity contribution in [3.63, 3.8) is 0 Å². The molecule has 0 fully saturated rings. The fourth-order valence-electron chi connectivity index (χ4n) is 2.51. The molecule has 1 aliphatic rings. The Labute approximate surface area is 106 Å². The van der Waals surface area contributed by atoms with Crippen LogP contribution < -0.4 is 5.32 Å². The number of nitrogens with one attached hydrogen (secondary N) is 1. The minimum Gasteiger partial charge on any atom is -0.306 e. The minimum absolute atomic E-state index is 0.230. The van der Waals surface area contributed by atoms with Gasteiger partial charge in [0.1, 0.15) is 0 Å². The molecule has 0 unspecified atom stereocenters. The second-order valence-electron chi connectivity index (χ2n) is 4.36. The first kappa shape index (κ1) is 10.8. The predicted molar refractivity (Wildman–Crippen MR) is 71.4 cm³/mol. The van der Waals surface area contributed by atoms with Crippen molar-refractivity contribution in [3.05, 3.63) is 70.2 Å². The third kappa shape index (κ3) is 1.97. The monoisotopic (exact) mass is 243 g/mol. The summed E-state index contributed by atoms with van der Waals surface area (Å²) in [5.41, 5.74) is 3.89. The van der Waals surface area contributed by atoms with Gasteiger partial charge in [-0.2, -0.15) is 0 Å². The maximum Gasteiger partial charge on any atom is 0.0594 e. The summed E-state index contributed by atoms with van der Waals surface area (Å²) in [6.45, 7) is 1.01. The molecule has 1 heterocycles. The fourth-order valence-corrected chi connectivity index (χ4v) is 2.81. The lowest BCUT2D eigenvalue weighted by Crippen LogP contribution is -2.30. The standard InChI is InChI=1S/C15H14ClN/c16-13-8-4-7-11-9-10-17-15(14(11)13)12-5-2-1-3-6-12/h1-8,15,17H,9-10H2/t15-/m1/s1. The third-order valence-electron chi connectivity index (χ3n) is 3.31. The topological polar surface area (TPSA) is 12.0 Å². The molecule has 1 N–H and O–H groups in total. The molecule has 86 valence electrons. The Morgan fingerprint density at radius 3 is 2.65 bits per heavy atom. The molecule has 2 aromatic rings. The van der Waals surface area contributed by atoms with Gasteiger partial charge in [-0.05, 0) is 29.2 Å². The van der Waals surface area contributed by atoms with Gasteiger partial charge in [0.25, 0.3) is 0 Å². The van der Waals surface area contributed by atoms with Crippen molar-refractivity contribution >= 4 is 11.6 Å². The second kappa shape index (κ2) is 4.52. The Morgan fingerprint density at radius 2 is 1.82 bits per heavy atom. The minimum atomic E-state index is 0.230. The molecule has 1 atom stereocenters. The molecular weight excluding hydrogens is 230 g/mol. The molecule has 0 spiro atoms. The summed E-state index contributed by atoms with van der Waals surface area (Å²) in [7, 11) is 0. The van der Waals surface area contributed by atoms with E-state index in [9.17, 15) is 0 Å². The summed E-state index contributed by atoms with van der Waals surface area (Å²) in [5.74, 6) is 0. The van der Waals surface area contributed by atoms with Crippen molar-refractivity contribution in [2.75, 3.05) is 6.54 Å². The fraction of sp³-hybridized carbons (Fsp3) is 0.200. The smallest absolute Gasteiger partial charge is 0.0594 e. The molecular formula is C15H14ClN. The molecule has 0 bridgehead atoms. The highest BCUT2D eigenvalue weighted by Crippen LogP contribution is 2.33. The van der Waals surface area contributed by atoms with E-state index in [1.807, 2.05) is 18.2 Å². The molecule has 17 heavy (non-hydrogen) atoms. The summed E-state index contributed by atoms with van der Waals surface area (Å²) >= 11 is 6.35. The molecule has 1 nitrogen and oxygen atoms in total. The SMILES string of the molecule is Clc1cccc2c1[C@@H](c1ccccc1)NCC2. The van der Waals surface area contributed by atoms with Gasteiger partial charge in [-0.3, -0.25) is 0 Å². The maximum absolute atomic E-state index is 6.35. The largest absolute Gasteiger partial charge is 0.306 e. The van der Waals surface area contributed by atoms with Crippen molar-refractivity contribution in [3.8, 4) is 0 Å². The van der Waals surface area contributed by atoms with Crippen molar-refractivity contribution < 1.29 is 0 Å². The Kier molecular flexibility index (Phi) is 2.87. The van der Waals surface area contributed by atoms with Gasteiger partial charge in [-0.25, -0.2) is 0 Å². The van der Waals surface area contributed by atoms with Crippen LogP contribution in [-0.2, 0) is 6.42 Å². The Bertz CT molecular complexity index is 522. The van der Waals surface area contributed by atoms with Gasteiger partial charge in [0.2, 0.25) is 0 Å². The van der Waals surface area contributed by atoms with Crippen LogP contribution in [0.4, 0.5) is 0 Å². The van der Waals surface area contributed by atoms with E-state index in [-0.39, 0.29) is 6.04 Å². The van der Waals surface area contributed by atoms with Crippen LogP contribution in [-0.4, -0.2) is 6.54 Å². The number of fused-ring (bicyclic) bond motifs is 1. The van der Waals surface area contributed by atoms with Crippen LogP contribution in [0, 0.1) is 0 Å². The highest BCUT2D eigenvalue weighted by molar-refractivity contribution is 6.31. The summed E-state index contributed by atoms with van der Waals surface area (Å²) in [5, 5.41) is 4.41. The quantitative estimate of drug-likeness (QED) is 0.808. The summed E-state index contributed by atoms with van der Waals surface area (Å²) in [4.78, 5) is 0. The molecule has 0 saturated carbocycles. The van der Waals surface area contributed by atoms with Crippen molar-refractivity contribution in [1.29, 1.82) is 0 Å². The molecule has 0 aromatic heterocycles. The number of benzene rings is 2. The Balaban J connectivity index is 2.11. The van der Waals surface area contributed by atoms with Crippen molar-refractivity contribution in [2.24, 2.45) is 0 Å². The van der Waals surface area contributed by atoms with Gasteiger partial charge in [-0.15, -0.1) is 0 Å². The zero-order valence-electron chi connectivity index (χ0n) is 9.49. The maximum atomic E-state index is 6.35. The number of halogens is 1. The average Bonchev–Trinajstić information content (AvgIpc) is 2.39. The van der Waals surface area contributed by atoms with E-state index in [1.165, 1.54) is 16.7 Å². The molecule has 0 amide bonds. The van der Waals surface area contributed by atoms with E-state index in [0.29, 0.717) is 0 Å². The zero-order valence-corrected chi connectivity index (χ0v) is 10.2. The number of hydrogen-bond acceptors (Lipinski definition) is 1. The van der Waals surface area contributed by atoms with Crippen molar-refractivity contribution in [1.82, 2.24) is 5.32 Å². The lowest BCUT2D eigenvalue weighted by molar-refractivity contribution is 0.568. The highest BCUT2D eigenvalue weighted by Gasteiger charge is 2.23. The lowest BCUT2D eigenvalue weighted by atomic mass is 9.90. The first-order valence-corrected chi connectivity index (χ1v) is 6.29. The molecule has 2 aromatic carbocycles. The number of rotatable bonds is 1. The summed E-state index contributed by atoms with van der Waals surface area (Å²) in [6, 6.07) is 16.9. The van der Waals surface area contributed by atoms with Gasteiger partial charge in [0.15, 0.2) is 0 Å². The van der Waals surface area contributed by atoms with Crippen LogP contribution in [0.15, 0.2) is 48.5 Å². The summed E-state index contributed by atoms with van der Waals surface area (Å²) in [6.07, 6.45) is 1.05. The zero-order chi connectivity index (χ0) is 11.7. The predicted octanol–water partition coefficient (Wildman–Crippen LogP) is 3.58. The first-order chi connectivity index (χ1) is 8.36. The molecule has 3 rings (SSSR count). The van der Waals surface area contributed by atoms with E-state index < -0.39 is 0 Å². The molecule has 2 heteroatoms. The normalized spacial score (nSPS) is 18.8. The molecule has 0 radical (unpaired) electrons. The second-order valence-corrected chi connectivity index (χ2v) is 4.77. The Morgan fingerprint density at radius 1 is 1.00 bits per heavy atom. The van der Waals surface area contributed by atoms with Crippen LogP contribution in [0.1, 0.15) is 22.7 Å². The lowest BCUT2D eigenvalue weighted by Gasteiger charge is -2.28. The average molecular weight is 244 g/mol. The van der Waals surface area contributed by atoms with Crippen LogP contribution in [0.3, 0.4) is 0 Å². The van der Waals surface area contributed by atoms with E-state index in [0.717, 1.165) is 18.0 Å². The van der Waals surface area contributed by atoms with Gasteiger partial charge in [0.05, 0.1) is 6.04 Å². The van der Waals surface area contributed by atoms with E-state index in [1.54, 1.807) is 0 Å². The van der Waals surface area contributed by atoms with Gasteiger partial charge in [-0.1, -0.05) is 54.1 Å². The van der Waals surface area contributed by atoms with Gasteiger partial charge < -0.3 is 5.32 Å². The van der Waals surface area contributed by atoms with E-state index in [4.69, 9.17) is 11.6 Å². The highest BCUT2D eigenvalue weighted by atomic mass is 35.5. The van der Waals surface area contributed by atoms with Crippen LogP contribution in [0.2, 0.25) is 5.02 Å². The molecule has 0 saturated heterocycles. The van der Waals surface area contributed by atoms with Crippen molar-refractivity contribution in [2.45, 2.75) is 12.5 Å². The van der Waals surface area contributed by atoms with Gasteiger partial charge >= 0.3 is 0 Å².